The molecule has 0 bridgehead atoms. The van der Waals surface area contributed by atoms with Crippen molar-refractivity contribution in [2.24, 2.45) is 0 Å². The number of ether oxygens (including phenoxy) is 1. The van der Waals surface area contributed by atoms with Gasteiger partial charge >= 0.3 is 0 Å². The molecule has 2 amide bonds. The fourth-order valence-electron chi connectivity index (χ4n) is 3.14. The Labute approximate surface area is 194 Å². The molecule has 0 unspecified atom stereocenters. The standard InChI is InChI=1S/C23H21ClN6O3/c1-2-29-20(10-12-25-29)22(31)27-17-4-3-5-18(14-17)28-23(32)21-11-13-26-30(21)15-33-19-8-6-16(24)7-9-19/h3-14H,2,15H2,1H3,(H,27,31)(H,28,32). The number of hydrogen-bond donors (Lipinski definition) is 2. The molecule has 2 aromatic carbocycles. The average molecular weight is 465 g/mol. The van der Waals surface area contributed by atoms with Crippen LogP contribution in [0.25, 0.3) is 0 Å². The molecule has 0 aliphatic heterocycles. The van der Waals surface area contributed by atoms with Crippen LogP contribution in [0.5, 0.6) is 5.75 Å². The molecule has 2 heterocycles. The topological polar surface area (TPSA) is 103 Å². The third-order valence-corrected chi connectivity index (χ3v) is 5.00. The zero-order valence-corrected chi connectivity index (χ0v) is 18.5. The number of hydrogen-bond acceptors (Lipinski definition) is 5. The van der Waals surface area contributed by atoms with Gasteiger partial charge < -0.3 is 15.4 Å². The van der Waals surface area contributed by atoms with Crippen LogP contribution in [0.15, 0.2) is 73.1 Å². The smallest absolute Gasteiger partial charge is 0.274 e. The van der Waals surface area contributed by atoms with E-state index in [4.69, 9.17) is 16.3 Å². The van der Waals surface area contributed by atoms with Crippen LogP contribution in [0.3, 0.4) is 0 Å². The molecule has 0 aliphatic carbocycles. The number of amides is 2. The lowest BCUT2D eigenvalue weighted by atomic mass is 10.2. The van der Waals surface area contributed by atoms with Gasteiger partial charge in [-0.2, -0.15) is 10.2 Å². The van der Waals surface area contributed by atoms with Crippen LogP contribution in [0.1, 0.15) is 27.9 Å². The highest BCUT2D eigenvalue weighted by molar-refractivity contribution is 6.30. The van der Waals surface area contributed by atoms with Crippen LogP contribution < -0.4 is 15.4 Å². The Kier molecular flexibility index (Phi) is 6.70. The number of aromatic nitrogens is 4. The molecule has 4 rings (SSSR count). The highest BCUT2D eigenvalue weighted by atomic mass is 35.5. The van der Waals surface area contributed by atoms with Crippen molar-refractivity contribution in [2.75, 3.05) is 10.6 Å². The fraction of sp³-hybridized carbons (Fsp3) is 0.130. The zero-order chi connectivity index (χ0) is 23.2. The van der Waals surface area contributed by atoms with Crippen molar-refractivity contribution in [1.29, 1.82) is 0 Å². The van der Waals surface area contributed by atoms with Crippen LogP contribution in [0, 0.1) is 0 Å². The van der Waals surface area contributed by atoms with Crippen LogP contribution >= 0.6 is 11.6 Å². The number of nitrogens with one attached hydrogen (secondary N) is 2. The molecule has 2 N–H and O–H groups in total. The van der Waals surface area contributed by atoms with Gasteiger partial charge in [0.05, 0.1) is 0 Å². The summed E-state index contributed by atoms with van der Waals surface area (Å²) in [6, 6.07) is 17.0. The van der Waals surface area contributed by atoms with E-state index in [0.29, 0.717) is 40.1 Å². The van der Waals surface area contributed by atoms with E-state index in [1.165, 1.54) is 10.9 Å². The summed E-state index contributed by atoms with van der Waals surface area (Å²) in [5.41, 5.74) is 1.84. The SMILES string of the molecule is CCn1nccc1C(=O)Nc1cccc(NC(=O)c2ccnn2COc2ccc(Cl)cc2)c1. The minimum atomic E-state index is -0.361. The first kappa shape index (κ1) is 22.1. The monoisotopic (exact) mass is 464 g/mol. The Balaban J connectivity index is 1.40. The van der Waals surface area contributed by atoms with Crippen molar-refractivity contribution in [3.8, 4) is 5.75 Å². The first-order valence-electron chi connectivity index (χ1n) is 10.2. The molecular weight excluding hydrogens is 444 g/mol. The van der Waals surface area contributed by atoms with Gasteiger partial charge in [-0.1, -0.05) is 17.7 Å². The molecule has 4 aromatic rings. The quantitative estimate of drug-likeness (QED) is 0.405. The normalized spacial score (nSPS) is 10.6. The molecule has 168 valence electrons. The van der Waals surface area contributed by atoms with Crippen LogP contribution in [-0.4, -0.2) is 31.4 Å². The van der Waals surface area contributed by atoms with Gasteiger partial charge in [0.1, 0.15) is 17.1 Å². The lowest BCUT2D eigenvalue weighted by molar-refractivity contribution is 0.0998. The van der Waals surface area contributed by atoms with Crippen LogP contribution in [0.2, 0.25) is 5.02 Å². The molecule has 0 saturated heterocycles. The van der Waals surface area contributed by atoms with E-state index >= 15 is 0 Å². The number of nitrogens with zero attached hydrogens (tertiary/aromatic N) is 4. The zero-order valence-electron chi connectivity index (χ0n) is 17.7. The lowest BCUT2D eigenvalue weighted by Crippen LogP contribution is -2.20. The van der Waals surface area contributed by atoms with E-state index in [2.05, 4.69) is 20.8 Å². The summed E-state index contributed by atoms with van der Waals surface area (Å²) < 4.78 is 8.72. The maximum absolute atomic E-state index is 12.8. The largest absolute Gasteiger partial charge is 0.471 e. The second-order valence-electron chi connectivity index (χ2n) is 6.96. The Bertz CT molecular complexity index is 1270. The molecule has 0 aliphatic rings. The van der Waals surface area contributed by atoms with Crippen molar-refractivity contribution in [3.63, 3.8) is 0 Å². The molecule has 0 radical (unpaired) electrons. The summed E-state index contributed by atoms with van der Waals surface area (Å²) >= 11 is 5.88. The average Bonchev–Trinajstić information content (AvgIpc) is 3.48. The molecule has 2 aromatic heterocycles. The summed E-state index contributed by atoms with van der Waals surface area (Å²) in [7, 11) is 0. The Morgan fingerprint density at radius 3 is 2.06 bits per heavy atom. The van der Waals surface area contributed by atoms with E-state index in [1.54, 1.807) is 71.5 Å². The molecule has 0 spiro atoms. The number of anilines is 2. The number of carbonyl (C=O) groups is 2. The number of aryl methyl sites for hydroxylation is 1. The van der Waals surface area contributed by atoms with Crippen LogP contribution in [-0.2, 0) is 13.3 Å². The Morgan fingerprint density at radius 1 is 0.879 bits per heavy atom. The summed E-state index contributed by atoms with van der Waals surface area (Å²) in [6.07, 6.45) is 3.10. The third kappa shape index (κ3) is 5.39. The molecule has 33 heavy (non-hydrogen) atoms. The van der Waals surface area contributed by atoms with Gasteiger partial charge in [-0.3, -0.25) is 14.3 Å². The van der Waals surface area contributed by atoms with Gasteiger partial charge in [0.25, 0.3) is 11.8 Å². The molecule has 0 atom stereocenters. The predicted octanol–water partition coefficient (Wildman–Crippen LogP) is 4.29. The molecule has 9 nitrogen and oxygen atoms in total. The summed E-state index contributed by atoms with van der Waals surface area (Å²) in [5, 5.41) is 14.5. The Morgan fingerprint density at radius 2 is 1.45 bits per heavy atom. The molecule has 10 heteroatoms. The van der Waals surface area contributed by atoms with Gasteiger partial charge in [-0.05, 0) is 61.5 Å². The second kappa shape index (κ2) is 10.0. The second-order valence-corrected chi connectivity index (χ2v) is 7.40. The minimum Gasteiger partial charge on any atom is -0.471 e. The summed E-state index contributed by atoms with van der Waals surface area (Å²) in [4.78, 5) is 25.3. The van der Waals surface area contributed by atoms with Gasteiger partial charge in [-0.15, -0.1) is 0 Å². The van der Waals surface area contributed by atoms with Crippen LogP contribution in [0.4, 0.5) is 11.4 Å². The van der Waals surface area contributed by atoms with E-state index < -0.39 is 0 Å². The highest BCUT2D eigenvalue weighted by Gasteiger charge is 2.14. The van der Waals surface area contributed by atoms with Crippen molar-refractivity contribution in [3.05, 3.63) is 89.5 Å². The number of halogens is 1. The van der Waals surface area contributed by atoms with Crippen molar-refractivity contribution in [2.45, 2.75) is 20.2 Å². The highest BCUT2D eigenvalue weighted by Crippen LogP contribution is 2.18. The lowest BCUT2D eigenvalue weighted by Gasteiger charge is -2.11. The van der Waals surface area contributed by atoms with Gasteiger partial charge in [-0.25, -0.2) is 4.68 Å². The van der Waals surface area contributed by atoms with E-state index in [9.17, 15) is 9.59 Å². The third-order valence-electron chi connectivity index (χ3n) is 4.74. The van der Waals surface area contributed by atoms with Gasteiger partial charge in [0.15, 0.2) is 6.73 Å². The first-order chi connectivity index (χ1) is 16.0. The first-order valence-corrected chi connectivity index (χ1v) is 10.6. The Hall–Kier alpha value is -4.11. The van der Waals surface area contributed by atoms with E-state index in [0.717, 1.165) is 0 Å². The van der Waals surface area contributed by atoms with E-state index in [1.807, 2.05) is 6.92 Å². The predicted molar refractivity (Wildman–Crippen MR) is 125 cm³/mol. The maximum Gasteiger partial charge on any atom is 0.274 e. The molecule has 0 saturated carbocycles. The molecule has 0 fully saturated rings. The van der Waals surface area contributed by atoms with Gasteiger partial charge in [0, 0.05) is 35.3 Å². The fourth-order valence-corrected chi connectivity index (χ4v) is 3.26. The van der Waals surface area contributed by atoms with Crippen molar-refractivity contribution in [1.82, 2.24) is 19.6 Å². The van der Waals surface area contributed by atoms with Crippen molar-refractivity contribution < 1.29 is 14.3 Å². The molecular formula is C23H21ClN6O3. The van der Waals surface area contributed by atoms with E-state index in [-0.39, 0.29) is 18.5 Å². The van der Waals surface area contributed by atoms with Gasteiger partial charge in [0.2, 0.25) is 0 Å². The number of carbonyl (C=O) groups excluding carboxylic acids is 2. The maximum atomic E-state index is 12.8. The summed E-state index contributed by atoms with van der Waals surface area (Å²) in [6.45, 7) is 2.55. The number of benzene rings is 2. The van der Waals surface area contributed by atoms with Crippen molar-refractivity contribution >= 4 is 34.8 Å². The minimum absolute atomic E-state index is 0.0542. The summed E-state index contributed by atoms with van der Waals surface area (Å²) in [5.74, 6) is -0.0379. The number of rotatable bonds is 8.